The Morgan fingerprint density at radius 2 is 1.85 bits per heavy atom. The van der Waals surface area contributed by atoms with Crippen molar-refractivity contribution in [3.63, 3.8) is 0 Å². The highest BCUT2D eigenvalue weighted by molar-refractivity contribution is 5.85. The number of benzene rings is 2. The van der Waals surface area contributed by atoms with E-state index in [0.717, 1.165) is 10.5 Å². The van der Waals surface area contributed by atoms with E-state index in [2.05, 4.69) is 0 Å². The second kappa shape index (κ2) is 8.61. The number of amides is 1. The average Bonchev–Trinajstić information content (AvgIpc) is 2.64. The molecule has 0 aliphatic carbocycles. The zero-order valence-corrected chi connectivity index (χ0v) is 14.0. The molecule has 26 heavy (non-hydrogen) atoms. The van der Waals surface area contributed by atoms with Crippen LogP contribution in [0.25, 0.3) is 12.2 Å². The van der Waals surface area contributed by atoms with Crippen molar-refractivity contribution >= 4 is 29.6 Å². The van der Waals surface area contributed by atoms with E-state index in [1.165, 1.54) is 19.2 Å². The second-order valence-corrected chi connectivity index (χ2v) is 5.29. The molecule has 0 saturated carbocycles. The molecule has 7 nitrogen and oxygen atoms in total. The van der Waals surface area contributed by atoms with Gasteiger partial charge in [-0.2, -0.15) is 0 Å². The number of nitrogens with zero attached hydrogens (tertiary/aromatic N) is 2. The quantitative estimate of drug-likeness (QED) is 0.453. The molecule has 0 aliphatic heterocycles. The van der Waals surface area contributed by atoms with Crippen molar-refractivity contribution in [2.75, 3.05) is 25.2 Å². The Hall–Kier alpha value is -3.42. The van der Waals surface area contributed by atoms with Crippen LogP contribution in [0, 0.1) is 10.1 Å². The molecule has 0 aliphatic rings. The van der Waals surface area contributed by atoms with Gasteiger partial charge >= 0.3 is 11.8 Å². The van der Waals surface area contributed by atoms with Crippen molar-refractivity contribution in [3.05, 3.63) is 63.7 Å². The van der Waals surface area contributed by atoms with E-state index in [4.69, 9.17) is 9.84 Å². The van der Waals surface area contributed by atoms with Gasteiger partial charge in [0.25, 0.3) is 0 Å². The Morgan fingerprint density at radius 1 is 1.23 bits per heavy atom. The van der Waals surface area contributed by atoms with E-state index in [1.54, 1.807) is 42.5 Å². The van der Waals surface area contributed by atoms with Gasteiger partial charge in [-0.3, -0.25) is 15.0 Å². The van der Waals surface area contributed by atoms with Crippen LogP contribution in [0.2, 0.25) is 0 Å². The van der Waals surface area contributed by atoms with E-state index >= 15 is 0 Å². The lowest BCUT2D eigenvalue weighted by Gasteiger charge is -2.12. The van der Waals surface area contributed by atoms with Crippen molar-refractivity contribution in [1.29, 1.82) is 0 Å². The Morgan fingerprint density at radius 3 is 2.42 bits per heavy atom. The van der Waals surface area contributed by atoms with Crippen molar-refractivity contribution in [1.82, 2.24) is 0 Å². The average molecular weight is 360 g/mol. The van der Waals surface area contributed by atoms with Gasteiger partial charge in [-0.1, -0.05) is 24.3 Å². The summed E-state index contributed by atoms with van der Waals surface area (Å²) in [5, 5.41) is 19.9. The maximum absolute atomic E-state index is 12.3. The maximum Gasteiger partial charge on any atom is 0.411 e. The minimum absolute atomic E-state index is 0.00762. The molecule has 0 saturated heterocycles. The standard InChI is InChI=1S/C18H17FN2O5/c1-20(18(22)23)15-7-4-13(5-8-15)2-3-14-6-9-16(21(24)25)17(12-14)26-11-10-19/h2-9,12H,10-11H2,1H3,(H,22,23). The summed E-state index contributed by atoms with van der Waals surface area (Å²) in [6, 6.07) is 11.2. The van der Waals surface area contributed by atoms with E-state index in [-0.39, 0.29) is 18.0 Å². The third-order valence-corrected chi connectivity index (χ3v) is 3.55. The SMILES string of the molecule is CN(C(=O)O)c1ccc(C=Cc2ccc([N+](=O)[O-])c(OCCF)c2)cc1. The predicted molar refractivity (Wildman–Crippen MR) is 96.4 cm³/mol. The van der Waals surface area contributed by atoms with Crippen LogP contribution in [0.4, 0.5) is 20.6 Å². The summed E-state index contributed by atoms with van der Waals surface area (Å²) in [5.74, 6) is 0.00762. The van der Waals surface area contributed by atoms with Crippen LogP contribution >= 0.6 is 0 Å². The first-order chi connectivity index (χ1) is 12.4. The number of nitro benzene ring substituents is 1. The lowest BCUT2D eigenvalue weighted by molar-refractivity contribution is -0.385. The minimum Gasteiger partial charge on any atom is -0.484 e. The van der Waals surface area contributed by atoms with Crippen LogP contribution in [0.15, 0.2) is 42.5 Å². The number of ether oxygens (including phenoxy) is 1. The van der Waals surface area contributed by atoms with Crippen molar-refractivity contribution in [3.8, 4) is 5.75 Å². The monoisotopic (exact) mass is 360 g/mol. The molecule has 1 amide bonds. The molecular formula is C18H17FN2O5. The van der Waals surface area contributed by atoms with Gasteiger partial charge in [0.1, 0.15) is 13.3 Å². The van der Waals surface area contributed by atoms with Gasteiger partial charge in [-0.15, -0.1) is 0 Å². The van der Waals surface area contributed by atoms with E-state index in [1.807, 2.05) is 0 Å². The number of carbonyl (C=O) groups is 1. The third-order valence-electron chi connectivity index (χ3n) is 3.55. The zero-order chi connectivity index (χ0) is 19.1. The lowest BCUT2D eigenvalue weighted by atomic mass is 10.1. The number of alkyl halides is 1. The lowest BCUT2D eigenvalue weighted by Crippen LogP contribution is -2.23. The number of rotatable bonds is 7. The topological polar surface area (TPSA) is 92.9 Å². The predicted octanol–water partition coefficient (Wildman–Crippen LogP) is 4.23. The number of nitro groups is 1. The Bertz CT molecular complexity index is 821. The molecule has 2 rings (SSSR count). The van der Waals surface area contributed by atoms with Gasteiger partial charge in [-0.05, 0) is 35.4 Å². The molecule has 1 N–H and O–H groups in total. The van der Waals surface area contributed by atoms with Crippen molar-refractivity contribution in [2.45, 2.75) is 0 Å². The highest BCUT2D eigenvalue weighted by atomic mass is 19.1. The second-order valence-electron chi connectivity index (χ2n) is 5.29. The number of halogens is 1. The van der Waals surface area contributed by atoms with Crippen LogP contribution in [0.5, 0.6) is 5.75 Å². The molecule has 8 heteroatoms. The van der Waals surface area contributed by atoms with Gasteiger partial charge in [0.05, 0.1) is 4.92 Å². The zero-order valence-electron chi connectivity index (χ0n) is 14.0. The van der Waals surface area contributed by atoms with Crippen LogP contribution in [0.1, 0.15) is 11.1 Å². The first kappa shape index (κ1) is 18.9. The van der Waals surface area contributed by atoms with Crippen LogP contribution in [-0.4, -0.2) is 36.5 Å². The molecule has 0 bridgehead atoms. The van der Waals surface area contributed by atoms with Crippen molar-refractivity contribution in [2.24, 2.45) is 0 Å². The molecular weight excluding hydrogens is 343 g/mol. The molecule has 136 valence electrons. The minimum atomic E-state index is -1.06. The Kier molecular flexibility index (Phi) is 6.26. The van der Waals surface area contributed by atoms with Crippen LogP contribution in [-0.2, 0) is 0 Å². The third kappa shape index (κ3) is 4.79. The summed E-state index contributed by atoms with van der Waals surface area (Å²) in [4.78, 5) is 22.4. The number of hydrogen-bond acceptors (Lipinski definition) is 4. The molecule has 0 aromatic heterocycles. The number of carboxylic acid groups (broad SMARTS) is 1. The van der Waals surface area contributed by atoms with E-state index in [9.17, 15) is 19.3 Å². The summed E-state index contributed by atoms with van der Waals surface area (Å²) < 4.78 is 17.4. The highest BCUT2D eigenvalue weighted by Crippen LogP contribution is 2.29. The van der Waals surface area contributed by atoms with E-state index in [0.29, 0.717) is 11.3 Å². The Balaban J connectivity index is 2.19. The first-order valence-corrected chi connectivity index (χ1v) is 7.64. The number of anilines is 1. The summed E-state index contributed by atoms with van der Waals surface area (Å²) in [5.41, 5.74) is 1.77. The van der Waals surface area contributed by atoms with Crippen LogP contribution < -0.4 is 9.64 Å². The molecule has 0 spiro atoms. The molecule has 0 heterocycles. The molecule has 2 aromatic carbocycles. The van der Waals surface area contributed by atoms with Crippen molar-refractivity contribution < 1.29 is 24.0 Å². The summed E-state index contributed by atoms with van der Waals surface area (Å²) in [7, 11) is 1.45. The first-order valence-electron chi connectivity index (χ1n) is 7.64. The molecule has 2 aromatic rings. The van der Waals surface area contributed by atoms with Crippen LogP contribution in [0.3, 0.4) is 0 Å². The summed E-state index contributed by atoms with van der Waals surface area (Å²) >= 11 is 0. The molecule has 0 radical (unpaired) electrons. The largest absolute Gasteiger partial charge is 0.484 e. The summed E-state index contributed by atoms with van der Waals surface area (Å²) in [6.45, 7) is -0.999. The van der Waals surface area contributed by atoms with Gasteiger partial charge < -0.3 is 9.84 Å². The molecule has 0 fully saturated rings. The van der Waals surface area contributed by atoms with Gasteiger partial charge in [0.2, 0.25) is 0 Å². The Labute approximate surface area is 149 Å². The van der Waals surface area contributed by atoms with Gasteiger partial charge in [0.15, 0.2) is 5.75 Å². The molecule has 0 unspecified atom stereocenters. The fraction of sp³-hybridized carbons (Fsp3) is 0.167. The number of hydrogen-bond donors (Lipinski definition) is 1. The fourth-order valence-corrected chi connectivity index (χ4v) is 2.16. The smallest absolute Gasteiger partial charge is 0.411 e. The molecule has 0 atom stereocenters. The highest BCUT2D eigenvalue weighted by Gasteiger charge is 2.15. The maximum atomic E-state index is 12.3. The van der Waals surface area contributed by atoms with E-state index < -0.39 is 17.7 Å². The normalized spacial score (nSPS) is 10.7. The summed E-state index contributed by atoms with van der Waals surface area (Å²) in [6.07, 6.45) is 2.44. The van der Waals surface area contributed by atoms with Gasteiger partial charge in [0, 0.05) is 18.8 Å². The fourth-order valence-electron chi connectivity index (χ4n) is 2.16. The van der Waals surface area contributed by atoms with Gasteiger partial charge in [-0.25, -0.2) is 9.18 Å².